The Morgan fingerprint density at radius 2 is 2.09 bits per heavy atom. The van der Waals surface area contributed by atoms with E-state index < -0.39 is 0 Å². The van der Waals surface area contributed by atoms with Gasteiger partial charge < -0.3 is 10.2 Å². The van der Waals surface area contributed by atoms with Gasteiger partial charge in [0.1, 0.15) is 0 Å². The van der Waals surface area contributed by atoms with E-state index in [4.69, 9.17) is 0 Å². The van der Waals surface area contributed by atoms with Crippen molar-refractivity contribution >= 4 is 0 Å². The van der Waals surface area contributed by atoms with Gasteiger partial charge in [0.2, 0.25) is 0 Å². The van der Waals surface area contributed by atoms with Crippen LogP contribution in [0, 0.1) is 0 Å². The number of nitrogens with one attached hydrogen (secondary N) is 1. The first kappa shape index (κ1) is 9.01. The molecule has 11 heavy (non-hydrogen) atoms. The Balaban J connectivity index is 2.20. The lowest BCUT2D eigenvalue weighted by molar-refractivity contribution is 0.334. The molecule has 0 saturated carbocycles. The predicted octanol–water partition coefficient (Wildman–Crippen LogP) is 1.08. The smallest absolute Gasteiger partial charge is 0.0194 e. The van der Waals surface area contributed by atoms with E-state index in [9.17, 15) is 0 Å². The monoisotopic (exact) mass is 156 g/mol. The highest BCUT2D eigenvalue weighted by Gasteiger charge is 2.10. The SMILES string of the molecule is CN(C)C[C@@H]1CCCCCN1. The van der Waals surface area contributed by atoms with Gasteiger partial charge in [-0.05, 0) is 33.5 Å². The van der Waals surface area contributed by atoms with Gasteiger partial charge in [-0.25, -0.2) is 0 Å². The molecule has 1 saturated heterocycles. The van der Waals surface area contributed by atoms with E-state index in [2.05, 4.69) is 24.3 Å². The van der Waals surface area contributed by atoms with Crippen molar-refractivity contribution in [3.05, 3.63) is 0 Å². The van der Waals surface area contributed by atoms with Crippen LogP contribution in [0.4, 0.5) is 0 Å². The summed E-state index contributed by atoms with van der Waals surface area (Å²) in [6.07, 6.45) is 5.55. The van der Waals surface area contributed by atoms with E-state index >= 15 is 0 Å². The molecule has 66 valence electrons. The van der Waals surface area contributed by atoms with Crippen LogP contribution in [0.5, 0.6) is 0 Å². The molecular weight excluding hydrogens is 136 g/mol. The van der Waals surface area contributed by atoms with Crippen molar-refractivity contribution in [2.75, 3.05) is 27.2 Å². The van der Waals surface area contributed by atoms with Crippen LogP contribution >= 0.6 is 0 Å². The van der Waals surface area contributed by atoms with Crippen LogP contribution in [0.3, 0.4) is 0 Å². The highest BCUT2D eigenvalue weighted by molar-refractivity contribution is 4.72. The van der Waals surface area contributed by atoms with Gasteiger partial charge in [-0.3, -0.25) is 0 Å². The normalized spacial score (nSPS) is 27.0. The second-order valence-corrected chi connectivity index (χ2v) is 3.76. The standard InChI is InChI=1S/C9H20N2/c1-11(2)8-9-6-4-3-5-7-10-9/h9-10H,3-8H2,1-2H3/t9-/m0/s1. The summed E-state index contributed by atoms with van der Waals surface area (Å²) in [6, 6.07) is 0.743. The molecule has 2 nitrogen and oxygen atoms in total. The first-order valence-corrected chi connectivity index (χ1v) is 4.67. The van der Waals surface area contributed by atoms with E-state index in [-0.39, 0.29) is 0 Å². The Kier molecular flexibility index (Phi) is 3.87. The van der Waals surface area contributed by atoms with Crippen LogP contribution in [0.1, 0.15) is 25.7 Å². The molecule has 1 aliphatic heterocycles. The van der Waals surface area contributed by atoms with Crippen molar-refractivity contribution in [2.24, 2.45) is 0 Å². The largest absolute Gasteiger partial charge is 0.313 e. The fourth-order valence-corrected chi connectivity index (χ4v) is 1.70. The summed E-state index contributed by atoms with van der Waals surface area (Å²) in [5.41, 5.74) is 0. The van der Waals surface area contributed by atoms with E-state index in [0.29, 0.717) is 0 Å². The zero-order valence-corrected chi connectivity index (χ0v) is 7.77. The molecule has 0 amide bonds. The fraction of sp³-hybridized carbons (Fsp3) is 1.00. The predicted molar refractivity (Wildman–Crippen MR) is 48.8 cm³/mol. The van der Waals surface area contributed by atoms with Gasteiger partial charge in [0, 0.05) is 12.6 Å². The summed E-state index contributed by atoms with van der Waals surface area (Å²) in [5, 5.41) is 3.57. The van der Waals surface area contributed by atoms with Crippen molar-refractivity contribution in [2.45, 2.75) is 31.7 Å². The molecular formula is C9H20N2. The fourth-order valence-electron chi connectivity index (χ4n) is 1.70. The quantitative estimate of drug-likeness (QED) is 0.643. The van der Waals surface area contributed by atoms with Gasteiger partial charge in [0.25, 0.3) is 0 Å². The van der Waals surface area contributed by atoms with E-state index in [0.717, 1.165) is 6.04 Å². The zero-order chi connectivity index (χ0) is 8.10. The number of likely N-dealkylation sites (N-methyl/N-ethyl adjacent to an activating group) is 1. The lowest BCUT2D eigenvalue weighted by atomic mass is 10.1. The third kappa shape index (κ3) is 3.73. The summed E-state index contributed by atoms with van der Waals surface area (Å²) in [6.45, 7) is 2.42. The Morgan fingerprint density at radius 1 is 1.27 bits per heavy atom. The van der Waals surface area contributed by atoms with Gasteiger partial charge >= 0.3 is 0 Å². The molecule has 1 aliphatic rings. The van der Waals surface area contributed by atoms with Gasteiger partial charge in [0.05, 0.1) is 0 Å². The van der Waals surface area contributed by atoms with Gasteiger partial charge in [-0.1, -0.05) is 12.8 Å². The number of hydrogen-bond acceptors (Lipinski definition) is 2. The second kappa shape index (κ2) is 4.73. The zero-order valence-electron chi connectivity index (χ0n) is 7.77. The van der Waals surface area contributed by atoms with E-state index in [1.165, 1.54) is 38.8 Å². The highest BCUT2D eigenvalue weighted by Crippen LogP contribution is 2.08. The van der Waals surface area contributed by atoms with Crippen molar-refractivity contribution < 1.29 is 0 Å². The number of nitrogens with zero attached hydrogens (tertiary/aromatic N) is 1. The average Bonchev–Trinajstić information content (AvgIpc) is 2.14. The third-order valence-corrected chi connectivity index (χ3v) is 2.25. The van der Waals surface area contributed by atoms with E-state index in [1.807, 2.05) is 0 Å². The van der Waals surface area contributed by atoms with Crippen LogP contribution in [0.15, 0.2) is 0 Å². The maximum Gasteiger partial charge on any atom is 0.0194 e. The summed E-state index contributed by atoms with van der Waals surface area (Å²) in [4.78, 5) is 2.27. The minimum Gasteiger partial charge on any atom is -0.313 e. The summed E-state index contributed by atoms with van der Waals surface area (Å²) in [7, 11) is 4.29. The molecule has 1 heterocycles. The van der Waals surface area contributed by atoms with E-state index in [1.54, 1.807) is 0 Å². The van der Waals surface area contributed by atoms with Crippen molar-refractivity contribution in [1.29, 1.82) is 0 Å². The third-order valence-electron chi connectivity index (χ3n) is 2.25. The minimum atomic E-state index is 0.743. The first-order valence-electron chi connectivity index (χ1n) is 4.67. The van der Waals surface area contributed by atoms with Crippen molar-refractivity contribution in [1.82, 2.24) is 10.2 Å². The summed E-state index contributed by atoms with van der Waals surface area (Å²) in [5.74, 6) is 0. The first-order chi connectivity index (χ1) is 5.29. The Labute approximate surface area is 70.0 Å². The number of hydrogen-bond donors (Lipinski definition) is 1. The molecule has 0 spiro atoms. The highest BCUT2D eigenvalue weighted by atomic mass is 15.1. The molecule has 1 atom stereocenters. The molecule has 0 aliphatic carbocycles. The molecule has 1 rings (SSSR count). The molecule has 0 bridgehead atoms. The Bertz CT molecular complexity index is 93.7. The molecule has 1 N–H and O–H groups in total. The molecule has 0 aromatic heterocycles. The number of rotatable bonds is 2. The second-order valence-electron chi connectivity index (χ2n) is 3.76. The van der Waals surface area contributed by atoms with Crippen LogP contribution in [0.25, 0.3) is 0 Å². The maximum atomic E-state index is 3.57. The van der Waals surface area contributed by atoms with Gasteiger partial charge in [0.15, 0.2) is 0 Å². The van der Waals surface area contributed by atoms with Crippen LogP contribution < -0.4 is 5.32 Å². The molecule has 0 aromatic carbocycles. The molecule has 0 unspecified atom stereocenters. The van der Waals surface area contributed by atoms with Crippen LogP contribution in [-0.4, -0.2) is 38.1 Å². The lowest BCUT2D eigenvalue weighted by Crippen LogP contribution is -2.37. The topological polar surface area (TPSA) is 15.3 Å². The van der Waals surface area contributed by atoms with Crippen LogP contribution in [0.2, 0.25) is 0 Å². The maximum absolute atomic E-state index is 3.57. The Morgan fingerprint density at radius 3 is 2.82 bits per heavy atom. The molecule has 0 aromatic rings. The van der Waals surface area contributed by atoms with Crippen molar-refractivity contribution in [3.8, 4) is 0 Å². The van der Waals surface area contributed by atoms with Gasteiger partial charge in [-0.15, -0.1) is 0 Å². The molecule has 1 fully saturated rings. The minimum absolute atomic E-state index is 0.743. The lowest BCUT2D eigenvalue weighted by Gasteiger charge is -2.19. The van der Waals surface area contributed by atoms with Crippen LogP contribution in [-0.2, 0) is 0 Å². The summed E-state index contributed by atoms with van der Waals surface area (Å²) < 4.78 is 0. The molecule has 0 radical (unpaired) electrons. The van der Waals surface area contributed by atoms with Crippen molar-refractivity contribution in [3.63, 3.8) is 0 Å². The average molecular weight is 156 g/mol. The molecule has 2 heteroatoms. The Hall–Kier alpha value is -0.0800. The van der Waals surface area contributed by atoms with Gasteiger partial charge in [-0.2, -0.15) is 0 Å². The summed E-state index contributed by atoms with van der Waals surface area (Å²) >= 11 is 0.